The lowest BCUT2D eigenvalue weighted by Crippen LogP contribution is -2.61. The molecule has 4 aliphatic rings. The minimum absolute atomic E-state index is 0.00261. The molecule has 390 valence electrons. The molecule has 0 radical (unpaired) electrons. The van der Waals surface area contributed by atoms with Gasteiger partial charge in [0.15, 0.2) is 5.78 Å². The number of piperidine rings is 1. The average molecular weight is 992 g/mol. The number of ether oxygens (including phenoxy) is 5. The summed E-state index contributed by atoms with van der Waals surface area (Å²) < 4.78 is 47.1. The molecule has 15 atom stereocenters. The fraction of sp³-hybridized carbons (Fsp3) is 0.745. The largest absolute Gasteiger partial charge is 0.460 e. The number of hydrogen-bond donors (Lipinski definition) is 4. The Hall–Kier alpha value is -3.22. The van der Waals surface area contributed by atoms with E-state index in [1.54, 1.807) is 40.9 Å². The molecule has 0 spiro atoms. The molecule has 3 heterocycles. The second-order valence-electron chi connectivity index (χ2n) is 20.3. The third-order valence-electron chi connectivity index (χ3n) is 14.8. The van der Waals surface area contributed by atoms with Crippen molar-refractivity contribution in [3.05, 3.63) is 47.6 Å². The molecular weight excluding hydrogens is 910 g/mol. The highest BCUT2D eigenvalue weighted by molar-refractivity contribution is 7.53. The number of esters is 1. The van der Waals surface area contributed by atoms with Crippen LogP contribution in [0.15, 0.2) is 47.6 Å². The molecule has 3 aliphatic heterocycles. The van der Waals surface area contributed by atoms with E-state index >= 15 is 0 Å². The van der Waals surface area contributed by atoms with E-state index in [2.05, 4.69) is 0 Å². The monoisotopic (exact) mass is 992 g/mol. The number of aliphatic hydroxyl groups excluding tert-OH is 1. The number of allylic oxidation sites excluding steroid dienone is 6. The first-order chi connectivity index (χ1) is 32.4. The standard InChI is InChI=1S/C51H82N3O14P/c1-30-16-12-11-13-17-31(2)42(63-8)28-38-21-19-36(7)51(61,67-38)48(58)49(59)54-23-15-14-18-39(54)50(60)66-43(33(4)26-37-20-22-41(44(27-37)64-9)68-69(52,53)62)29-40(55)32(3)25-35(6)46(57)47(65-10)45(56)34(5)24-30/h11-13,16-17,25,30,32-34,36-39,41-44,46-47,57,61H,14-15,18-24,26-29H2,1-10H3,(H4,52,53,62)/t30-,32-,33-,34-,36-,37?,38+,39?,41-,42+,43?,44-,46-,47+,51-/m1/s1. The molecule has 0 aromatic rings. The summed E-state index contributed by atoms with van der Waals surface area (Å²) in [6.45, 7) is 12.6. The van der Waals surface area contributed by atoms with Crippen LogP contribution in [0.25, 0.3) is 0 Å². The van der Waals surface area contributed by atoms with Gasteiger partial charge in [0.1, 0.15) is 30.1 Å². The summed E-state index contributed by atoms with van der Waals surface area (Å²) in [6, 6.07) is -1.18. The van der Waals surface area contributed by atoms with Crippen LogP contribution in [0.4, 0.5) is 0 Å². The van der Waals surface area contributed by atoms with Gasteiger partial charge in [-0.2, -0.15) is 0 Å². The third-order valence-corrected chi connectivity index (χ3v) is 15.4. The number of hydrogen-bond acceptors (Lipinski definition) is 14. The Bertz CT molecular complexity index is 1950. The Balaban J connectivity index is 1.70. The molecule has 2 bridgehead atoms. The van der Waals surface area contributed by atoms with Crippen molar-refractivity contribution in [2.24, 2.45) is 46.5 Å². The van der Waals surface area contributed by atoms with Crippen LogP contribution < -0.4 is 11.0 Å². The Morgan fingerprint density at radius 3 is 2.23 bits per heavy atom. The molecule has 2 saturated heterocycles. The van der Waals surface area contributed by atoms with Gasteiger partial charge in [0.2, 0.25) is 5.79 Å². The number of carbonyl (C=O) groups excluding carboxylic acids is 5. The van der Waals surface area contributed by atoms with Gasteiger partial charge in [-0.25, -0.2) is 15.8 Å². The lowest BCUT2D eigenvalue weighted by atomic mass is 9.78. The zero-order valence-corrected chi connectivity index (χ0v) is 43.5. The van der Waals surface area contributed by atoms with E-state index in [9.17, 15) is 38.8 Å². The predicted octanol–water partition coefficient (Wildman–Crippen LogP) is 6.23. The quantitative estimate of drug-likeness (QED) is 0.0910. The van der Waals surface area contributed by atoms with Crippen LogP contribution in [0.1, 0.15) is 126 Å². The fourth-order valence-corrected chi connectivity index (χ4v) is 11.1. The molecular formula is C51H82N3O14P. The van der Waals surface area contributed by atoms with Crippen molar-refractivity contribution in [2.75, 3.05) is 27.9 Å². The highest BCUT2D eigenvalue weighted by Gasteiger charge is 2.53. The molecule has 3 unspecified atom stereocenters. The molecule has 0 aromatic carbocycles. The molecule has 18 heteroatoms. The zero-order valence-electron chi connectivity index (χ0n) is 42.6. The number of ketones is 3. The van der Waals surface area contributed by atoms with Gasteiger partial charge in [-0.1, -0.05) is 71.1 Å². The highest BCUT2D eigenvalue weighted by atomic mass is 31.2. The summed E-state index contributed by atoms with van der Waals surface area (Å²) in [4.78, 5) is 72.1. The molecule has 1 saturated carbocycles. The van der Waals surface area contributed by atoms with E-state index < -0.39 is 104 Å². The summed E-state index contributed by atoms with van der Waals surface area (Å²) >= 11 is 0. The van der Waals surface area contributed by atoms with Crippen LogP contribution >= 0.6 is 7.67 Å². The minimum atomic E-state index is -3.79. The lowest BCUT2D eigenvalue weighted by molar-refractivity contribution is -0.265. The van der Waals surface area contributed by atoms with Crippen LogP contribution in [0.5, 0.6) is 0 Å². The number of carbonyl (C=O) groups is 5. The van der Waals surface area contributed by atoms with E-state index in [0.717, 1.165) is 5.57 Å². The van der Waals surface area contributed by atoms with Crippen molar-refractivity contribution in [1.29, 1.82) is 0 Å². The van der Waals surface area contributed by atoms with Crippen molar-refractivity contribution < 1.29 is 67.0 Å². The first-order valence-corrected chi connectivity index (χ1v) is 26.5. The third kappa shape index (κ3) is 16.1. The van der Waals surface area contributed by atoms with E-state index in [1.807, 2.05) is 51.2 Å². The second kappa shape index (κ2) is 26.5. The molecule has 1 amide bonds. The SMILES string of the molecule is CO[C@H]1C[C@@H]2CC[C@@H](C)[C@@](O)(O2)C(=O)C(=O)N2CCCCC2C(=O)OC([C@H](C)CC2CC[C@@H](OP(N)(N)=O)[C@H](OC)C2)CC(=O)[C@H](C)C=C(C)[C@@H](O)[C@@H](OC)C(=O)[C@H](C)C[C@H](C)C=CC=CC=C1C. The Morgan fingerprint density at radius 1 is 0.870 bits per heavy atom. The van der Waals surface area contributed by atoms with Gasteiger partial charge in [0.05, 0.1) is 24.4 Å². The van der Waals surface area contributed by atoms with Gasteiger partial charge in [0, 0.05) is 58.5 Å². The first-order valence-electron chi connectivity index (χ1n) is 24.8. The number of cyclic esters (lactones) is 1. The van der Waals surface area contributed by atoms with E-state index in [4.69, 9.17) is 39.2 Å². The Labute approximate surface area is 409 Å². The van der Waals surface area contributed by atoms with Gasteiger partial charge >= 0.3 is 13.6 Å². The Morgan fingerprint density at radius 2 is 1.58 bits per heavy atom. The molecule has 17 nitrogen and oxygen atoms in total. The molecule has 0 aromatic heterocycles. The lowest BCUT2D eigenvalue weighted by Gasteiger charge is -2.42. The average Bonchev–Trinajstić information content (AvgIpc) is 3.30. The van der Waals surface area contributed by atoms with Crippen LogP contribution in [-0.4, -0.2) is 127 Å². The summed E-state index contributed by atoms with van der Waals surface area (Å²) in [5, 5.41) is 23.4. The van der Waals surface area contributed by atoms with Gasteiger partial charge in [-0.05, 0) is 107 Å². The number of methoxy groups -OCH3 is 3. The van der Waals surface area contributed by atoms with Gasteiger partial charge < -0.3 is 43.3 Å². The first kappa shape index (κ1) is 58.4. The smallest absolute Gasteiger partial charge is 0.335 e. The maximum absolute atomic E-state index is 14.5. The summed E-state index contributed by atoms with van der Waals surface area (Å²) in [5.74, 6) is -8.41. The number of amides is 1. The molecule has 1 aliphatic carbocycles. The number of rotatable bonds is 8. The van der Waals surface area contributed by atoms with Crippen LogP contribution in [0.2, 0.25) is 0 Å². The number of nitrogens with two attached hydrogens (primary N) is 2. The Kier molecular flexibility index (Phi) is 22.4. The summed E-state index contributed by atoms with van der Waals surface area (Å²) in [7, 11) is 0.659. The molecule has 3 fully saturated rings. The van der Waals surface area contributed by atoms with Crippen molar-refractivity contribution >= 4 is 36.9 Å². The van der Waals surface area contributed by atoms with Crippen LogP contribution in [0.3, 0.4) is 0 Å². The number of nitrogens with zero attached hydrogens (tertiary/aromatic N) is 1. The van der Waals surface area contributed by atoms with E-state index in [0.29, 0.717) is 69.8 Å². The predicted molar refractivity (Wildman–Crippen MR) is 260 cm³/mol. The van der Waals surface area contributed by atoms with Crippen molar-refractivity contribution in [3.8, 4) is 0 Å². The number of Topliss-reactive ketones (excluding diaryl/α,β-unsaturated/α-hetero) is 3. The van der Waals surface area contributed by atoms with Crippen molar-refractivity contribution in [2.45, 2.75) is 180 Å². The number of aliphatic hydroxyl groups is 2. The van der Waals surface area contributed by atoms with Crippen molar-refractivity contribution in [1.82, 2.24) is 4.90 Å². The second-order valence-corrected chi connectivity index (χ2v) is 21.8. The molecule has 6 N–H and O–H groups in total. The molecule has 69 heavy (non-hydrogen) atoms. The van der Waals surface area contributed by atoms with Crippen LogP contribution in [0, 0.1) is 35.5 Å². The van der Waals surface area contributed by atoms with Crippen molar-refractivity contribution in [3.63, 3.8) is 0 Å². The van der Waals surface area contributed by atoms with Gasteiger partial charge in [-0.15, -0.1) is 0 Å². The van der Waals surface area contributed by atoms with Gasteiger partial charge in [0.25, 0.3) is 11.7 Å². The summed E-state index contributed by atoms with van der Waals surface area (Å²) in [6.07, 6.45) is 10.2. The number of fused-ring (bicyclic) bond motifs is 3. The highest BCUT2D eigenvalue weighted by Crippen LogP contribution is 2.41. The van der Waals surface area contributed by atoms with E-state index in [-0.39, 0.29) is 42.8 Å². The molecule has 4 rings (SSSR count). The maximum Gasteiger partial charge on any atom is 0.335 e. The zero-order chi connectivity index (χ0) is 51.4. The normalized spacial score (nSPS) is 36.6. The minimum Gasteiger partial charge on any atom is -0.460 e. The van der Waals surface area contributed by atoms with Crippen LogP contribution in [-0.2, 0) is 56.7 Å². The summed E-state index contributed by atoms with van der Waals surface area (Å²) in [5.41, 5.74) is 12.3. The topological polar surface area (TPSA) is 254 Å². The van der Waals surface area contributed by atoms with Gasteiger partial charge in [-0.3, -0.25) is 23.7 Å². The maximum atomic E-state index is 14.5. The fourth-order valence-electron chi connectivity index (χ4n) is 10.4. The van der Waals surface area contributed by atoms with E-state index in [1.165, 1.54) is 19.1 Å².